The van der Waals surface area contributed by atoms with E-state index in [2.05, 4.69) is 36.9 Å². The quantitative estimate of drug-likeness (QED) is 0.749. The third kappa shape index (κ3) is 2.71. The Hall–Kier alpha value is -2.55. The van der Waals surface area contributed by atoms with Gasteiger partial charge in [0.1, 0.15) is 23.7 Å². The summed E-state index contributed by atoms with van der Waals surface area (Å²) in [5, 5.41) is 7.19. The first-order valence-electron chi connectivity index (χ1n) is 7.59. The molecule has 1 amide bonds. The third-order valence-corrected chi connectivity index (χ3v) is 4.68. The van der Waals surface area contributed by atoms with Crippen molar-refractivity contribution in [2.75, 3.05) is 10.6 Å². The van der Waals surface area contributed by atoms with Gasteiger partial charge in [0, 0.05) is 17.1 Å². The Bertz CT molecular complexity index is 943. The maximum absolute atomic E-state index is 12.6. The number of nitrogens with zero attached hydrogens (tertiary/aromatic N) is 4. The van der Waals surface area contributed by atoms with E-state index in [9.17, 15) is 4.79 Å². The molecule has 3 heterocycles. The number of amides is 1. The second-order valence-corrected chi connectivity index (χ2v) is 6.99. The Morgan fingerprint density at radius 3 is 2.71 bits per heavy atom. The van der Waals surface area contributed by atoms with Gasteiger partial charge in [0.05, 0.1) is 10.9 Å². The van der Waals surface area contributed by atoms with E-state index in [0.717, 1.165) is 24.4 Å². The van der Waals surface area contributed by atoms with Crippen LogP contribution in [0.3, 0.4) is 0 Å². The van der Waals surface area contributed by atoms with Crippen molar-refractivity contribution in [2.24, 2.45) is 0 Å². The molecular formula is C15H16N6O2S. The van der Waals surface area contributed by atoms with Gasteiger partial charge in [0.15, 0.2) is 0 Å². The number of nitrogens with one attached hydrogen (secondary N) is 2. The van der Waals surface area contributed by atoms with Crippen molar-refractivity contribution in [3.63, 3.8) is 0 Å². The van der Waals surface area contributed by atoms with Crippen LogP contribution in [0.5, 0.6) is 0 Å². The standard InChI is InChI=1S/C15H16N6O2S/c1-7-16-11(20-15(3)4-5-15)10-9(6-23-13(10)17-7)12(22)19-14-18-8(2)21-24-14/h6H,4-5H2,1-3H3,(H,16,17,20)(H,18,19,21,22). The lowest BCUT2D eigenvalue weighted by Crippen LogP contribution is -2.19. The predicted molar refractivity (Wildman–Crippen MR) is 90.4 cm³/mol. The van der Waals surface area contributed by atoms with Crippen LogP contribution in [-0.4, -0.2) is 30.8 Å². The summed E-state index contributed by atoms with van der Waals surface area (Å²) in [6.45, 7) is 5.70. The highest BCUT2D eigenvalue weighted by molar-refractivity contribution is 7.09. The molecule has 0 aliphatic heterocycles. The lowest BCUT2D eigenvalue weighted by Gasteiger charge is -2.13. The second kappa shape index (κ2) is 5.23. The number of hydrogen-bond acceptors (Lipinski definition) is 8. The van der Waals surface area contributed by atoms with Gasteiger partial charge in [-0.25, -0.2) is 9.97 Å². The van der Waals surface area contributed by atoms with E-state index in [0.29, 0.717) is 39.3 Å². The van der Waals surface area contributed by atoms with Crippen molar-refractivity contribution >= 4 is 39.5 Å². The number of aryl methyl sites for hydroxylation is 2. The van der Waals surface area contributed by atoms with Crippen molar-refractivity contribution in [1.29, 1.82) is 0 Å². The van der Waals surface area contributed by atoms with Gasteiger partial charge in [-0.2, -0.15) is 9.36 Å². The van der Waals surface area contributed by atoms with Crippen LogP contribution in [0.4, 0.5) is 10.9 Å². The monoisotopic (exact) mass is 344 g/mol. The molecule has 3 aromatic heterocycles. The molecule has 0 aromatic carbocycles. The number of furan rings is 1. The zero-order valence-corrected chi connectivity index (χ0v) is 14.3. The van der Waals surface area contributed by atoms with Crippen LogP contribution in [-0.2, 0) is 0 Å². The maximum atomic E-state index is 12.6. The van der Waals surface area contributed by atoms with Gasteiger partial charge in [-0.15, -0.1) is 0 Å². The molecule has 0 bridgehead atoms. The normalized spacial score (nSPS) is 15.5. The molecule has 4 rings (SSSR count). The number of carbonyl (C=O) groups is 1. The van der Waals surface area contributed by atoms with Crippen molar-refractivity contribution in [2.45, 2.75) is 39.2 Å². The molecule has 1 saturated carbocycles. The van der Waals surface area contributed by atoms with E-state index in [-0.39, 0.29) is 11.4 Å². The number of aromatic nitrogens is 4. The van der Waals surface area contributed by atoms with E-state index < -0.39 is 0 Å². The van der Waals surface area contributed by atoms with Crippen molar-refractivity contribution in [3.05, 3.63) is 23.5 Å². The van der Waals surface area contributed by atoms with E-state index in [4.69, 9.17) is 4.42 Å². The minimum atomic E-state index is -0.318. The molecule has 1 aliphatic rings. The molecule has 3 aromatic rings. The summed E-state index contributed by atoms with van der Waals surface area (Å²) in [5.74, 6) is 1.52. The molecule has 124 valence electrons. The van der Waals surface area contributed by atoms with Crippen molar-refractivity contribution in [1.82, 2.24) is 19.3 Å². The first-order valence-corrected chi connectivity index (χ1v) is 8.37. The van der Waals surface area contributed by atoms with Crippen molar-refractivity contribution < 1.29 is 9.21 Å². The summed E-state index contributed by atoms with van der Waals surface area (Å²) in [5.41, 5.74) is 0.798. The molecule has 2 N–H and O–H groups in total. The predicted octanol–water partition coefficient (Wildman–Crippen LogP) is 2.91. The van der Waals surface area contributed by atoms with Crippen LogP contribution in [0.1, 0.15) is 41.8 Å². The van der Waals surface area contributed by atoms with Crippen LogP contribution >= 0.6 is 11.5 Å². The fourth-order valence-electron chi connectivity index (χ4n) is 2.42. The summed E-state index contributed by atoms with van der Waals surface area (Å²) in [7, 11) is 0. The van der Waals surface area contributed by atoms with Gasteiger partial charge in [0.2, 0.25) is 10.8 Å². The lowest BCUT2D eigenvalue weighted by atomic mass is 10.2. The van der Waals surface area contributed by atoms with Gasteiger partial charge in [-0.1, -0.05) is 0 Å². The zero-order chi connectivity index (χ0) is 16.9. The molecule has 0 unspecified atom stereocenters. The molecular weight excluding hydrogens is 328 g/mol. The first kappa shape index (κ1) is 15.0. The number of fused-ring (bicyclic) bond motifs is 1. The minimum Gasteiger partial charge on any atom is -0.445 e. The fourth-order valence-corrected chi connectivity index (χ4v) is 2.99. The van der Waals surface area contributed by atoms with Crippen LogP contribution in [0.15, 0.2) is 10.7 Å². The molecule has 0 saturated heterocycles. The van der Waals surface area contributed by atoms with Crippen LogP contribution < -0.4 is 10.6 Å². The molecule has 1 fully saturated rings. The van der Waals surface area contributed by atoms with Crippen LogP contribution in [0, 0.1) is 13.8 Å². The summed E-state index contributed by atoms with van der Waals surface area (Å²) < 4.78 is 9.54. The fraction of sp³-hybridized carbons (Fsp3) is 0.400. The highest BCUT2D eigenvalue weighted by Gasteiger charge is 2.38. The maximum Gasteiger partial charge on any atom is 0.261 e. The van der Waals surface area contributed by atoms with Crippen molar-refractivity contribution in [3.8, 4) is 0 Å². The minimum absolute atomic E-state index is 0.0229. The van der Waals surface area contributed by atoms with E-state index in [1.165, 1.54) is 6.26 Å². The van der Waals surface area contributed by atoms with Gasteiger partial charge in [0.25, 0.3) is 5.91 Å². The Balaban J connectivity index is 1.73. The largest absolute Gasteiger partial charge is 0.445 e. The molecule has 24 heavy (non-hydrogen) atoms. The number of hydrogen-bond donors (Lipinski definition) is 2. The number of rotatable bonds is 4. The van der Waals surface area contributed by atoms with Gasteiger partial charge in [-0.3, -0.25) is 10.1 Å². The Morgan fingerprint density at radius 1 is 1.25 bits per heavy atom. The van der Waals surface area contributed by atoms with Crippen LogP contribution in [0.2, 0.25) is 0 Å². The molecule has 0 atom stereocenters. The van der Waals surface area contributed by atoms with E-state index in [1.54, 1.807) is 13.8 Å². The average molecular weight is 344 g/mol. The topological polar surface area (TPSA) is 106 Å². The summed E-state index contributed by atoms with van der Waals surface area (Å²) >= 11 is 1.14. The summed E-state index contributed by atoms with van der Waals surface area (Å²) in [4.78, 5) is 25.5. The first-order chi connectivity index (χ1) is 11.4. The van der Waals surface area contributed by atoms with Crippen LogP contribution in [0.25, 0.3) is 11.1 Å². The number of carbonyl (C=O) groups excluding carboxylic acids is 1. The molecule has 1 aliphatic carbocycles. The number of anilines is 2. The Kier molecular flexibility index (Phi) is 3.27. The SMILES string of the molecule is Cc1nsc(NC(=O)c2coc3nc(C)nc(NC4(C)CC4)c23)n1. The molecule has 8 nitrogen and oxygen atoms in total. The summed E-state index contributed by atoms with van der Waals surface area (Å²) in [6, 6.07) is 0. The molecule has 9 heteroatoms. The Labute approximate surface area is 141 Å². The molecule has 0 spiro atoms. The van der Waals surface area contributed by atoms with E-state index >= 15 is 0 Å². The van der Waals surface area contributed by atoms with Gasteiger partial charge < -0.3 is 9.73 Å². The highest BCUT2D eigenvalue weighted by Crippen LogP contribution is 2.40. The zero-order valence-electron chi connectivity index (χ0n) is 13.5. The second-order valence-electron chi connectivity index (χ2n) is 6.24. The molecule has 0 radical (unpaired) electrons. The highest BCUT2D eigenvalue weighted by atomic mass is 32.1. The third-order valence-electron chi connectivity index (χ3n) is 3.96. The van der Waals surface area contributed by atoms with Gasteiger partial charge >= 0.3 is 0 Å². The van der Waals surface area contributed by atoms with E-state index in [1.807, 2.05) is 0 Å². The average Bonchev–Trinajstić information content (AvgIpc) is 2.93. The lowest BCUT2D eigenvalue weighted by molar-refractivity contribution is 0.102. The smallest absolute Gasteiger partial charge is 0.261 e. The van der Waals surface area contributed by atoms with Gasteiger partial charge in [-0.05, 0) is 33.6 Å². The Morgan fingerprint density at radius 2 is 2.04 bits per heavy atom. The summed E-state index contributed by atoms with van der Waals surface area (Å²) in [6.07, 6.45) is 3.55.